The van der Waals surface area contributed by atoms with Gasteiger partial charge in [0.15, 0.2) is 0 Å². The highest BCUT2D eigenvalue weighted by Gasteiger charge is 2.55. The number of carbonyl (C=O) groups is 4. The predicted molar refractivity (Wildman–Crippen MR) is 97.8 cm³/mol. The number of carbonyl (C=O) groups excluding carboxylic acids is 4. The first kappa shape index (κ1) is 21.5. The molecular formula is C19H26N2O7. The average molecular weight is 394 g/mol. The molecule has 2 aliphatic rings. The summed E-state index contributed by atoms with van der Waals surface area (Å²) in [5.74, 6) is -1.98. The van der Waals surface area contributed by atoms with E-state index in [-0.39, 0.29) is 30.9 Å². The standard InChI is InChI=1S/C19H26N2O7/c1-6-10-27-17(24)14-11(16(23)26-7-2)8-9-12-13(15(22)21(12)14)20-18(25)28-19(3,4)5/h6,12-13H,1,7-10H2,2-5H3,(H,20,25)/t12-,13-/m0/s1. The molecule has 0 unspecified atom stereocenters. The maximum Gasteiger partial charge on any atom is 0.408 e. The van der Waals surface area contributed by atoms with Crippen LogP contribution in [0.1, 0.15) is 40.5 Å². The van der Waals surface area contributed by atoms with E-state index in [1.165, 1.54) is 11.0 Å². The SMILES string of the molecule is C=CCOC(=O)C1=C(C(=O)OCC)CC[C@H]2[C@H](NC(=O)OC(C)(C)C)C(=O)N12. The van der Waals surface area contributed by atoms with E-state index in [2.05, 4.69) is 11.9 Å². The Balaban J connectivity index is 2.23. The lowest BCUT2D eigenvalue weighted by Gasteiger charge is -2.50. The van der Waals surface area contributed by atoms with E-state index in [4.69, 9.17) is 14.2 Å². The zero-order valence-corrected chi connectivity index (χ0v) is 16.6. The number of ether oxygens (including phenoxy) is 3. The first-order chi connectivity index (χ1) is 13.1. The third kappa shape index (κ3) is 4.52. The Labute approximate surface area is 163 Å². The Kier molecular flexibility index (Phi) is 6.48. The lowest BCUT2D eigenvalue weighted by Crippen LogP contribution is -2.72. The van der Waals surface area contributed by atoms with Gasteiger partial charge in [0.05, 0.1) is 18.2 Å². The number of fused-ring (bicyclic) bond motifs is 1. The number of amides is 2. The van der Waals surface area contributed by atoms with Crippen LogP contribution in [0.5, 0.6) is 0 Å². The lowest BCUT2D eigenvalue weighted by atomic mass is 9.83. The molecule has 9 heteroatoms. The minimum atomic E-state index is -0.833. The number of β-lactam (4-membered cyclic amide) rings is 1. The molecule has 2 rings (SSSR count). The second kappa shape index (κ2) is 8.45. The highest BCUT2D eigenvalue weighted by Crippen LogP contribution is 2.37. The van der Waals surface area contributed by atoms with Crippen molar-refractivity contribution in [2.45, 2.75) is 58.2 Å². The zero-order chi connectivity index (χ0) is 21.1. The lowest BCUT2D eigenvalue weighted by molar-refractivity contribution is -0.157. The summed E-state index contributed by atoms with van der Waals surface area (Å²) in [5.41, 5.74) is -0.750. The fourth-order valence-electron chi connectivity index (χ4n) is 3.11. The molecule has 2 heterocycles. The molecule has 0 bridgehead atoms. The van der Waals surface area contributed by atoms with Gasteiger partial charge in [-0.3, -0.25) is 9.69 Å². The summed E-state index contributed by atoms with van der Waals surface area (Å²) >= 11 is 0. The van der Waals surface area contributed by atoms with E-state index in [0.29, 0.717) is 6.42 Å². The first-order valence-corrected chi connectivity index (χ1v) is 9.11. The van der Waals surface area contributed by atoms with E-state index >= 15 is 0 Å². The van der Waals surface area contributed by atoms with Crippen LogP contribution in [0, 0.1) is 0 Å². The Hall–Kier alpha value is -2.84. The summed E-state index contributed by atoms with van der Waals surface area (Å²) in [6.45, 7) is 10.3. The van der Waals surface area contributed by atoms with Gasteiger partial charge in [-0.2, -0.15) is 0 Å². The number of hydrogen-bond acceptors (Lipinski definition) is 7. The number of esters is 2. The van der Waals surface area contributed by atoms with E-state index in [1.54, 1.807) is 27.7 Å². The largest absolute Gasteiger partial charge is 0.463 e. The van der Waals surface area contributed by atoms with Crippen LogP contribution in [0.15, 0.2) is 23.9 Å². The van der Waals surface area contributed by atoms with Gasteiger partial charge in [-0.15, -0.1) is 0 Å². The average Bonchev–Trinajstić information content (AvgIpc) is 2.61. The maximum absolute atomic E-state index is 12.7. The molecule has 0 aliphatic carbocycles. The molecule has 1 N–H and O–H groups in total. The number of nitrogens with one attached hydrogen (secondary N) is 1. The number of hydrogen-bond donors (Lipinski definition) is 1. The Morgan fingerprint density at radius 1 is 1.25 bits per heavy atom. The van der Waals surface area contributed by atoms with E-state index in [9.17, 15) is 19.2 Å². The van der Waals surface area contributed by atoms with E-state index in [0.717, 1.165) is 0 Å². The molecule has 154 valence electrons. The topological polar surface area (TPSA) is 111 Å². The van der Waals surface area contributed by atoms with Gasteiger partial charge in [-0.05, 0) is 40.5 Å². The molecule has 0 radical (unpaired) electrons. The minimum absolute atomic E-state index is 0.0648. The third-order valence-corrected chi connectivity index (χ3v) is 4.16. The molecule has 0 aromatic heterocycles. The van der Waals surface area contributed by atoms with Crippen LogP contribution in [0.4, 0.5) is 4.79 Å². The molecule has 28 heavy (non-hydrogen) atoms. The van der Waals surface area contributed by atoms with Crippen molar-refractivity contribution in [1.29, 1.82) is 0 Å². The fraction of sp³-hybridized carbons (Fsp3) is 0.579. The van der Waals surface area contributed by atoms with Crippen molar-refractivity contribution in [2.75, 3.05) is 13.2 Å². The molecule has 0 aromatic rings. The number of nitrogens with zero attached hydrogens (tertiary/aromatic N) is 1. The molecule has 0 saturated carbocycles. The van der Waals surface area contributed by atoms with Crippen LogP contribution in [0.25, 0.3) is 0 Å². The summed E-state index contributed by atoms with van der Waals surface area (Å²) in [7, 11) is 0. The van der Waals surface area contributed by atoms with Gasteiger partial charge >= 0.3 is 18.0 Å². The van der Waals surface area contributed by atoms with Crippen molar-refractivity contribution in [3.05, 3.63) is 23.9 Å². The highest BCUT2D eigenvalue weighted by molar-refractivity contribution is 6.06. The summed E-state index contributed by atoms with van der Waals surface area (Å²) in [4.78, 5) is 50.6. The quantitative estimate of drug-likeness (QED) is 0.314. The smallest absolute Gasteiger partial charge is 0.408 e. The minimum Gasteiger partial charge on any atom is -0.463 e. The van der Waals surface area contributed by atoms with Crippen LogP contribution in [-0.2, 0) is 28.6 Å². The summed E-state index contributed by atoms with van der Waals surface area (Å²) in [6.07, 6.45) is 1.27. The number of rotatable bonds is 6. The molecule has 2 atom stereocenters. The molecule has 2 amide bonds. The summed E-state index contributed by atoms with van der Waals surface area (Å²) in [6, 6.07) is -1.30. The van der Waals surface area contributed by atoms with Crippen molar-refractivity contribution in [1.82, 2.24) is 10.2 Å². The van der Waals surface area contributed by atoms with Gasteiger partial charge in [0, 0.05) is 0 Å². The van der Waals surface area contributed by atoms with Gasteiger partial charge in [-0.25, -0.2) is 14.4 Å². The van der Waals surface area contributed by atoms with E-state index in [1.807, 2.05) is 0 Å². The number of alkyl carbamates (subject to hydrolysis) is 1. The van der Waals surface area contributed by atoms with Crippen molar-refractivity contribution >= 4 is 23.9 Å². The Morgan fingerprint density at radius 3 is 2.50 bits per heavy atom. The Morgan fingerprint density at radius 2 is 1.93 bits per heavy atom. The molecular weight excluding hydrogens is 368 g/mol. The molecule has 1 saturated heterocycles. The third-order valence-electron chi connectivity index (χ3n) is 4.16. The van der Waals surface area contributed by atoms with Gasteiger partial charge in [0.1, 0.15) is 23.9 Å². The molecule has 9 nitrogen and oxygen atoms in total. The molecule has 2 aliphatic heterocycles. The normalized spacial score (nSPS) is 21.3. The van der Waals surface area contributed by atoms with Gasteiger partial charge in [-0.1, -0.05) is 12.7 Å². The van der Waals surface area contributed by atoms with Crippen molar-refractivity contribution in [3.8, 4) is 0 Å². The first-order valence-electron chi connectivity index (χ1n) is 9.11. The van der Waals surface area contributed by atoms with Gasteiger partial charge in [0.2, 0.25) is 0 Å². The van der Waals surface area contributed by atoms with Gasteiger partial charge < -0.3 is 19.5 Å². The van der Waals surface area contributed by atoms with Crippen LogP contribution in [-0.4, -0.2) is 59.7 Å². The summed E-state index contributed by atoms with van der Waals surface area (Å²) < 4.78 is 15.2. The van der Waals surface area contributed by atoms with Crippen LogP contribution in [0.2, 0.25) is 0 Å². The Bertz CT molecular complexity index is 720. The maximum atomic E-state index is 12.7. The van der Waals surface area contributed by atoms with Crippen molar-refractivity contribution < 1.29 is 33.4 Å². The van der Waals surface area contributed by atoms with Crippen LogP contribution in [0.3, 0.4) is 0 Å². The van der Waals surface area contributed by atoms with Crippen molar-refractivity contribution in [2.24, 2.45) is 0 Å². The molecule has 0 spiro atoms. The van der Waals surface area contributed by atoms with E-state index < -0.39 is 41.6 Å². The van der Waals surface area contributed by atoms with Crippen molar-refractivity contribution in [3.63, 3.8) is 0 Å². The van der Waals surface area contributed by atoms with Gasteiger partial charge in [0.25, 0.3) is 5.91 Å². The molecule has 1 fully saturated rings. The second-order valence-corrected chi connectivity index (χ2v) is 7.37. The van der Waals surface area contributed by atoms with Crippen LogP contribution < -0.4 is 5.32 Å². The second-order valence-electron chi connectivity index (χ2n) is 7.37. The predicted octanol–water partition coefficient (Wildman–Crippen LogP) is 1.43. The monoisotopic (exact) mass is 394 g/mol. The molecule has 0 aromatic carbocycles. The zero-order valence-electron chi connectivity index (χ0n) is 16.6. The van der Waals surface area contributed by atoms with Crippen LogP contribution >= 0.6 is 0 Å². The fourth-order valence-corrected chi connectivity index (χ4v) is 3.11. The summed E-state index contributed by atoms with van der Waals surface area (Å²) in [5, 5.41) is 2.53. The highest BCUT2D eigenvalue weighted by atomic mass is 16.6.